The van der Waals surface area contributed by atoms with Gasteiger partial charge in [0, 0.05) is 26.1 Å². The van der Waals surface area contributed by atoms with Crippen LogP contribution in [-0.2, 0) is 11.2 Å². The molecule has 0 saturated carbocycles. The van der Waals surface area contributed by atoms with Gasteiger partial charge >= 0.3 is 0 Å². The normalized spacial score (nSPS) is 13.5. The number of hydrogen-bond donors (Lipinski definition) is 1. The van der Waals surface area contributed by atoms with Gasteiger partial charge in [-0.3, -0.25) is 0 Å². The van der Waals surface area contributed by atoms with E-state index >= 15 is 0 Å². The topological polar surface area (TPSA) is 66.0 Å². The van der Waals surface area contributed by atoms with Gasteiger partial charge < -0.3 is 15.0 Å². The van der Waals surface area contributed by atoms with Crippen molar-refractivity contribution in [2.75, 3.05) is 13.7 Å². The Morgan fingerprint density at radius 3 is 2.53 bits per heavy atom. The van der Waals surface area contributed by atoms with Gasteiger partial charge in [0.25, 0.3) is 0 Å². The first kappa shape index (κ1) is 12.1. The van der Waals surface area contributed by atoms with Crippen molar-refractivity contribution in [2.24, 2.45) is 5.73 Å². The molecule has 0 aliphatic rings. The van der Waals surface area contributed by atoms with Gasteiger partial charge in [0.05, 0.1) is 6.10 Å². The van der Waals surface area contributed by atoms with E-state index in [4.69, 9.17) is 10.5 Å². The number of ether oxygens (including phenoxy) is 1. The number of aromatic nitrogens is 3. The van der Waals surface area contributed by atoms with E-state index in [0.717, 1.165) is 11.6 Å². The summed E-state index contributed by atoms with van der Waals surface area (Å²) in [5.41, 5.74) is 5.58. The summed E-state index contributed by atoms with van der Waals surface area (Å²) >= 11 is 0. The van der Waals surface area contributed by atoms with Crippen molar-refractivity contribution < 1.29 is 4.74 Å². The van der Waals surface area contributed by atoms with Crippen LogP contribution in [-0.4, -0.2) is 34.5 Å². The van der Waals surface area contributed by atoms with Gasteiger partial charge in [-0.1, -0.05) is 0 Å². The number of nitrogens with two attached hydrogens (primary N) is 1. The molecule has 0 aliphatic carbocycles. The first-order valence-corrected chi connectivity index (χ1v) is 5.23. The maximum Gasteiger partial charge on any atom is 0.135 e. The number of hydrogen-bond acceptors (Lipinski definition) is 4. The minimum absolute atomic E-state index is 0.0195. The molecule has 2 N–H and O–H groups in total. The summed E-state index contributed by atoms with van der Waals surface area (Å²) in [6.45, 7) is 6.69. The zero-order valence-corrected chi connectivity index (χ0v) is 9.90. The summed E-state index contributed by atoms with van der Waals surface area (Å²) in [5.74, 6) is 1.88. The molecule has 1 heterocycles. The summed E-state index contributed by atoms with van der Waals surface area (Å²) in [4.78, 5) is 0. The summed E-state index contributed by atoms with van der Waals surface area (Å²) in [6.07, 6.45) is 0.734. The largest absolute Gasteiger partial charge is 0.380 e. The Morgan fingerprint density at radius 2 is 2.07 bits per heavy atom. The highest BCUT2D eigenvalue weighted by Gasteiger charge is 2.15. The van der Waals surface area contributed by atoms with Crippen molar-refractivity contribution in [2.45, 2.75) is 39.3 Å². The van der Waals surface area contributed by atoms with Crippen molar-refractivity contribution >= 4 is 0 Å². The Kier molecular flexibility index (Phi) is 4.23. The van der Waals surface area contributed by atoms with Crippen LogP contribution < -0.4 is 5.73 Å². The molecule has 0 saturated heterocycles. The maximum absolute atomic E-state index is 5.58. The van der Waals surface area contributed by atoms with Crippen LogP contribution in [0.1, 0.15) is 31.5 Å². The highest BCUT2D eigenvalue weighted by Crippen LogP contribution is 2.12. The average molecular weight is 212 g/mol. The minimum atomic E-state index is 0.0195. The van der Waals surface area contributed by atoms with E-state index in [2.05, 4.69) is 28.6 Å². The van der Waals surface area contributed by atoms with Crippen molar-refractivity contribution in [3.8, 4) is 0 Å². The molecule has 0 fully saturated rings. The highest BCUT2D eigenvalue weighted by molar-refractivity contribution is 4.97. The van der Waals surface area contributed by atoms with Gasteiger partial charge in [0.1, 0.15) is 11.6 Å². The fraction of sp³-hybridized carbons (Fsp3) is 0.800. The Hall–Kier alpha value is -0.940. The fourth-order valence-corrected chi connectivity index (χ4v) is 1.69. The third-order valence-corrected chi connectivity index (χ3v) is 2.46. The van der Waals surface area contributed by atoms with E-state index in [1.807, 2.05) is 6.92 Å². The van der Waals surface area contributed by atoms with Gasteiger partial charge in [-0.05, 0) is 20.8 Å². The number of methoxy groups -OCH3 is 1. The van der Waals surface area contributed by atoms with E-state index in [1.54, 1.807) is 7.11 Å². The van der Waals surface area contributed by atoms with E-state index in [0.29, 0.717) is 19.0 Å². The lowest BCUT2D eigenvalue weighted by Crippen LogP contribution is -2.26. The van der Waals surface area contributed by atoms with Crippen molar-refractivity contribution in [1.29, 1.82) is 0 Å². The van der Waals surface area contributed by atoms with Crippen LogP contribution in [0.4, 0.5) is 0 Å². The molecule has 5 nitrogen and oxygen atoms in total. The molecule has 1 aromatic rings. The van der Waals surface area contributed by atoms with Crippen LogP contribution in [0, 0.1) is 6.92 Å². The van der Waals surface area contributed by atoms with Gasteiger partial charge in [-0.2, -0.15) is 0 Å². The molecule has 0 aromatic carbocycles. The fourth-order valence-electron chi connectivity index (χ4n) is 1.69. The van der Waals surface area contributed by atoms with Crippen LogP contribution >= 0.6 is 0 Å². The van der Waals surface area contributed by atoms with Crippen LogP contribution in [0.3, 0.4) is 0 Å². The smallest absolute Gasteiger partial charge is 0.135 e. The second kappa shape index (κ2) is 5.23. The number of nitrogens with zero attached hydrogens (tertiary/aromatic N) is 3. The van der Waals surface area contributed by atoms with E-state index < -0.39 is 0 Å². The van der Waals surface area contributed by atoms with Crippen LogP contribution in [0.2, 0.25) is 0 Å². The first-order valence-electron chi connectivity index (χ1n) is 5.23. The minimum Gasteiger partial charge on any atom is -0.380 e. The lowest BCUT2D eigenvalue weighted by Gasteiger charge is -2.16. The summed E-state index contributed by atoms with van der Waals surface area (Å²) in [6, 6.07) is 0.366. The second-order valence-corrected chi connectivity index (χ2v) is 3.92. The Morgan fingerprint density at radius 1 is 1.40 bits per heavy atom. The molecular weight excluding hydrogens is 192 g/mol. The molecule has 0 radical (unpaired) electrons. The molecule has 15 heavy (non-hydrogen) atoms. The first-order chi connectivity index (χ1) is 7.10. The SMILES string of the molecule is COC(CN)Cc1nnc(C)n1C(C)C. The number of aryl methyl sites for hydroxylation is 1. The third kappa shape index (κ3) is 2.76. The molecule has 0 spiro atoms. The van der Waals surface area contributed by atoms with Gasteiger partial charge in [-0.25, -0.2) is 0 Å². The summed E-state index contributed by atoms with van der Waals surface area (Å²) in [5, 5.41) is 8.23. The molecular formula is C10H20N4O. The Balaban J connectivity index is 2.85. The zero-order chi connectivity index (χ0) is 11.4. The molecule has 1 atom stereocenters. The lowest BCUT2D eigenvalue weighted by atomic mass is 10.2. The van der Waals surface area contributed by atoms with E-state index in [-0.39, 0.29) is 6.10 Å². The van der Waals surface area contributed by atoms with Crippen molar-refractivity contribution in [3.63, 3.8) is 0 Å². The summed E-state index contributed by atoms with van der Waals surface area (Å²) < 4.78 is 7.35. The monoisotopic (exact) mass is 212 g/mol. The summed E-state index contributed by atoms with van der Waals surface area (Å²) in [7, 11) is 1.67. The van der Waals surface area contributed by atoms with Crippen LogP contribution in [0.15, 0.2) is 0 Å². The average Bonchev–Trinajstić information content (AvgIpc) is 2.56. The van der Waals surface area contributed by atoms with Gasteiger partial charge in [0.2, 0.25) is 0 Å². The van der Waals surface area contributed by atoms with Crippen LogP contribution in [0.5, 0.6) is 0 Å². The quantitative estimate of drug-likeness (QED) is 0.779. The molecule has 5 heteroatoms. The van der Waals surface area contributed by atoms with Gasteiger partial charge in [-0.15, -0.1) is 10.2 Å². The standard InChI is InChI=1S/C10H20N4O/c1-7(2)14-8(3)12-13-10(14)5-9(6-11)15-4/h7,9H,5-6,11H2,1-4H3. The van der Waals surface area contributed by atoms with Crippen molar-refractivity contribution in [3.05, 3.63) is 11.6 Å². The number of rotatable bonds is 5. The predicted octanol–water partition coefficient (Wildman–Crippen LogP) is 0.684. The maximum atomic E-state index is 5.58. The Labute approximate surface area is 90.6 Å². The van der Waals surface area contributed by atoms with Crippen LogP contribution in [0.25, 0.3) is 0 Å². The molecule has 0 aliphatic heterocycles. The third-order valence-electron chi connectivity index (χ3n) is 2.46. The predicted molar refractivity (Wildman–Crippen MR) is 58.7 cm³/mol. The van der Waals surface area contributed by atoms with E-state index in [9.17, 15) is 0 Å². The zero-order valence-electron chi connectivity index (χ0n) is 9.90. The molecule has 0 bridgehead atoms. The Bertz CT molecular complexity index is 304. The second-order valence-electron chi connectivity index (χ2n) is 3.92. The molecule has 0 amide bonds. The molecule has 1 aromatic heterocycles. The molecule has 86 valence electrons. The molecule has 1 unspecified atom stereocenters. The molecule has 1 rings (SSSR count). The van der Waals surface area contributed by atoms with E-state index in [1.165, 1.54) is 0 Å². The highest BCUT2D eigenvalue weighted by atomic mass is 16.5. The lowest BCUT2D eigenvalue weighted by molar-refractivity contribution is 0.107. The van der Waals surface area contributed by atoms with Crippen molar-refractivity contribution in [1.82, 2.24) is 14.8 Å². The van der Waals surface area contributed by atoms with Gasteiger partial charge in [0.15, 0.2) is 0 Å².